The number of halogens is 4. The fourth-order valence-electron chi connectivity index (χ4n) is 5.88. The van der Waals surface area contributed by atoms with Crippen LogP contribution in [0.5, 0.6) is 0 Å². The zero-order valence-corrected chi connectivity index (χ0v) is 21.2. The van der Waals surface area contributed by atoms with Crippen molar-refractivity contribution in [1.29, 1.82) is 0 Å². The maximum atomic E-state index is 13.4. The number of hydrogen-bond acceptors (Lipinski definition) is 3. The Balaban J connectivity index is 1.18. The first-order valence-corrected chi connectivity index (χ1v) is 13.1. The van der Waals surface area contributed by atoms with Gasteiger partial charge in [0.15, 0.2) is 5.78 Å². The van der Waals surface area contributed by atoms with Gasteiger partial charge in [-0.3, -0.25) is 9.59 Å². The highest BCUT2D eigenvalue weighted by Crippen LogP contribution is 2.33. The molecular weight excluding hydrogens is 498 g/mol. The molecule has 5 nitrogen and oxygen atoms in total. The molecule has 5 rings (SSSR count). The number of H-pyrrole nitrogens is 1. The number of carbonyl (C=O) groups is 2. The van der Waals surface area contributed by atoms with Gasteiger partial charge in [-0.15, -0.1) is 0 Å². The van der Waals surface area contributed by atoms with E-state index in [1.807, 2.05) is 11.8 Å². The quantitative estimate of drug-likeness (QED) is 0.301. The number of nitrogens with one attached hydrogen (secondary N) is 1. The van der Waals surface area contributed by atoms with Gasteiger partial charge in [-0.05, 0) is 94.6 Å². The van der Waals surface area contributed by atoms with Crippen molar-refractivity contribution < 1.29 is 27.2 Å². The number of likely N-dealkylation sites (tertiary alicyclic amines) is 2. The summed E-state index contributed by atoms with van der Waals surface area (Å²) < 4.78 is 52.5. The molecule has 3 aromatic rings. The third-order valence-electron chi connectivity index (χ3n) is 8.07. The fraction of sp³-hybridized carbons (Fsp3) is 0.448. The molecule has 0 spiro atoms. The van der Waals surface area contributed by atoms with Gasteiger partial charge in [-0.2, -0.15) is 13.2 Å². The summed E-state index contributed by atoms with van der Waals surface area (Å²) in [7, 11) is 0. The van der Waals surface area contributed by atoms with Crippen molar-refractivity contribution >= 4 is 22.6 Å². The molecule has 0 aliphatic carbocycles. The number of alkyl halides is 3. The number of benzene rings is 2. The third kappa shape index (κ3) is 5.48. The first kappa shape index (κ1) is 26.4. The van der Waals surface area contributed by atoms with Crippen molar-refractivity contribution in [3.63, 3.8) is 0 Å². The highest BCUT2D eigenvalue weighted by molar-refractivity contribution is 5.99. The van der Waals surface area contributed by atoms with Gasteiger partial charge in [0.1, 0.15) is 11.5 Å². The van der Waals surface area contributed by atoms with E-state index < -0.39 is 11.7 Å². The summed E-state index contributed by atoms with van der Waals surface area (Å²) in [6.07, 6.45) is -0.399. The van der Waals surface area contributed by atoms with Gasteiger partial charge in [-0.1, -0.05) is 6.07 Å². The average Bonchev–Trinajstić information content (AvgIpc) is 3.49. The first-order valence-electron chi connectivity index (χ1n) is 13.1. The van der Waals surface area contributed by atoms with Crippen molar-refractivity contribution in [2.45, 2.75) is 57.3 Å². The van der Waals surface area contributed by atoms with E-state index in [1.165, 1.54) is 18.2 Å². The molecule has 202 valence electrons. The van der Waals surface area contributed by atoms with Crippen LogP contribution in [0.25, 0.3) is 10.9 Å². The average molecular weight is 530 g/mol. The standard InChI is InChI=1S/C29H31F4N3O2/c1-18-2-9-24(12-15-35-13-10-20(11-14-35)27(37)19-4-7-23(30)8-5-19)36(18)28(38)26-16-21-3-6-22(29(31,32)33)17-25(21)34-26/h3-8,16-18,20,24,34H,2,9-15H2,1H3. The summed E-state index contributed by atoms with van der Waals surface area (Å²) in [4.78, 5) is 33.3. The Morgan fingerprint density at radius 1 is 0.974 bits per heavy atom. The molecule has 2 fully saturated rings. The van der Waals surface area contributed by atoms with E-state index in [0.29, 0.717) is 22.2 Å². The topological polar surface area (TPSA) is 56.4 Å². The normalized spacial score (nSPS) is 21.3. The predicted molar refractivity (Wildman–Crippen MR) is 136 cm³/mol. The van der Waals surface area contributed by atoms with Gasteiger partial charge < -0.3 is 14.8 Å². The van der Waals surface area contributed by atoms with Crippen LogP contribution >= 0.6 is 0 Å². The number of ketones is 1. The number of fused-ring (bicyclic) bond motifs is 1. The molecule has 3 heterocycles. The Kier molecular flexibility index (Phi) is 7.31. The summed E-state index contributed by atoms with van der Waals surface area (Å²) >= 11 is 0. The summed E-state index contributed by atoms with van der Waals surface area (Å²) in [5.74, 6) is -0.550. The lowest BCUT2D eigenvalue weighted by atomic mass is 9.88. The highest BCUT2D eigenvalue weighted by atomic mass is 19.4. The van der Waals surface area contributed by atoms with Crippen molar-refractivity contribution in [3.8, 4) is 0 Å². The predicted octanol–water partition coefficient (Wildman–Crippen LogP) is 6.30. The minimum absolute atomic E-state index is 0.0451. The van der Waals surface area contributed by atoms with Crippen LogP contribution in [0.1, 0.15) is 65.4 Å². The fourth-order valence-corrected chi connectivity index (χ4v) is 5.88. The van der Waals surface area contributed by atoms with Crippen molar-refractivity contribution in [3.05, 3.63) is 71.2 Å². The summed E-state index contributed by atoms with van der Waals surface area (Å²) in [6.45, 7) is 4.39. The monoisotopic (exact) mass is 529 g/mol. The van der Waals surface area contributed by atoms with Crippen molar-refractivity contribution in [2.24, 2.45) is 5.92 Å². The maximum Gasteiger partial charge on any atom is 0.416 e. The number of rotatable bonds is 6. The third-order valence-corrected chi connectivity index (χ3v) is 8.07. The number of nitrogens with zero attached hydrogens (tertiary/aromatic N) is 2. The van der Waals surface area contributed by atoms with Crippen LogP contribution in [0.2, 0.25) is 0 Å². The molecule has 1 N–H and O–H groups in total. The number of amides is 1. The second kappa shape index (κ2) is 10.5. The number of piperidine rings is 1. The van der Waals surface area contributed by atoms with Gasteiger partial charge in [-0.25, -0.2) is 4.39 Å². The van der Waals surface area contributed by atoms with Gasteiger partial charge in [0.2, 0.25) is 0 Å². The molecule has 2 aromatic carbocycles. The smallest absolute Gasteiger partial charge is 0.351 e. The number of hydrogen-bond donors (Lipinski definition) is 1. The highest BCUT2D eigenvalue weighted by Gasteiger charge is 2.36. The lowest BCUT2D eigenvalue weighted by Crippen LogP contribution is -2.43. The van der Waals surface area contributed by atoms with E-state index in [0.717, 1.165) is 63.9 Å². The molecule has 2 aliphatic rings. The summed E-state index contributed by atoms with van der Waals surface area (Å²) in [5.41, 5.74) is 0.398. The molecule has 0 saturated carbocycles. The van der Waals surface area contributed by atoms with Crippen molar-refractivity contribution in [2.75, 3.05) is 19.6 Å². The molecule has 2 aliphatic heterocycles. The van der Waals surface area contributed by atoms with Gasteiger partial charge >= 0.3 is 6.18 Å². The van der Waals surface area contributed by atoms with Crippen LogP contribution in [-0.2, 0) is 6.18 Å². The van der Waals surface area contributed by atoms with Crippen LogP contribution < -0.4 is 0 Å². The van der Waals surface area contributed by atoms with Crippen LogP contribution in [0, 0.1) is 11.7 Å². The largest absolute Gasteiger partial charge is 0.416 e. The first-order chi connectivity index (χ1) is 18.1. The van der Waals surface area contributed by atoms with Gasteiger partial charge in [0, 0.05) is 41.0 Å². The molecule has 1 amide bonds. The van der Waals surface area contributed by atoms with E-state index >= 15 is 0 Å². The maximum absolute atomic E-state index is 13.4. The second-order valence-electron chi connectivity index (χ2n) is 10.6. The summed E-state index contributed by atoms with van der Waals surface area (Å²) in [5, 5.41) is 0.572. The second-order valence-corrected chi connectivity index (χ2v) is 10.6. The Labute approximate surface area is 218 Å². The molecule has 0 bridgehead atoms. The van der Waals surface area contributed by atoms with E-state index in [9.17, 15) is 27.2 Å². The zero-order valence-electron chi connectivity index (χ0n) is 21.2. The number of aromatic amines is 1. The zero-order chi connectivity index (χ0) is 27.0. The SMILES string of the molecule is CC1CCC(CCN2CCC(C(=O)c3ccc(F)cc3)CC2)N1C(=O)c1cc2ccc(C(F)(F)F)cc2[nH]1. The lowest BCUT2D eigenvalue weighted by Gasteiger charge is -2.34. The molecule has 1 aromatic heterocycles. The Morgan fingerprint density at radius 2 is 1.68 bits per heavy atom. The number of aromatic nitrogens is 1. The molecule has 0 radical (unpaired) electrons. The van der Waals surface area contributed by atoms with E-state index in [1.54, 1.807) is 18.2 Å². The number of Topliss-reactive ketones (excluding diaryl/α,β-unsaturated/α-hetero) is 1. The molecule has 2 saturated heterocycles. The Bertz CT molecular complexity index is 1310. The van der Waals surface area contributed by atoms with Crippen LogP contribution in [-0.4, -0.2) is 58.2 Å². The molecule has 9 heteroatoms. The minimum atomic E-state index is -4.44. The van der Waals surface area contributed by atoms with E-state index in [4.69, 9.17) is 0 Å². The van der Waals surface area contributed by atoms with Gasteiger partial charge in [0.05, 0.1) is 5.56 Å². The van der Waals surface area contributed by atoms with Gasteiger partial charge in [0.25, 0.3) is 5.91 Å². The molecule has 2 atom stereocenters. The molecule has 2 unspecified atom stereocenters. The van der Waals surface area contributed by atoms with Crippen molar-refractivity contribution in [1.82, 2.24) is 14.8 Å². The number of carbonyl (C=O) groups excluding carboxylic acids is 2. The van der Waals surface area contributed by atoms with Crippen LogP contribution in [0.3, 0.4) is 0 Å². The molecular formula is C29H31F4N3O2. The van der Waals surface area contributed by atoms with Crippen LogP contribution in [0.4, 0.5) is 17.6 Å². The summed E-state index contributed by atoms with van der Waals surface area (Å²) in [6, 6.07) is 10.9. The Morgan fingerprint density at radius 3 is 2.37 bits per heavy atom. The van der Waals surface area contributed by atoms with E-state index in [-0.39, 0.29) is 35.5 Å². The Hall–Kier alpha value is -3.20. The molecule has 38 heavy (non-hydrogen) atoms. The van der Waals surface area contributed by atoms with Crippen LogP contribution in [0.15, 0.2) is 48.5 Å². The lowest BCUT2D eigenvalue weighted by molar-refractivity contribution is -0.137. The van der Waals surface area contributed by atoms with E-state index in [2.05, 4.69) is 9.88 Å². The minimum Gasteiger partial charge on any atom is -0.351 e.